The lowest BCUT2D eigenvalue weighted by Crippen LogP contribution is -2.13. The lowest BCUT2D eigenvalue weighted by atomic mass is 10.2. The third-order valence-electron chi connectivity index (χ3n) is 2.42. The zero-order valence-corrected chi connectivity index (χ0v) is 9.92. The van der Waals surface area contributed by atoms with Gasteiger partial charge >= 0.3 is 0 Å². The van der Waals surface area contributed by atoms with E-state index in [-0.39, 0.29) is 11.7 Å². The molecule has 2 N–H and O–H groups in total. The van der Waals surface area contributed by atoms with E-state index >= 15 is 0 Å². The number of nitrogens with two attached hydrogens (primary N) is 1. The Morgan fingerprint density at radius 2 is 2.07 bits per heavy atom. The fraction of sp³-hybridized carbons (Fsp3) is 0.455. The summed E-state index contributed by atoms with van der Waals surface area (Å²) in [5.74, 6) is 0.365. The molecule has 0 radical (unpaired) electrons. The molecule has 15 heavy (non-hydrogen) atoms. The average Bonchev–Trinajstić information content (AvgIpc) is 2.17. The van der Waals surface area contributed by atoms with Crippen LogP contribution in [-0.4, -0.2) is 14.2 Å². The van der Waals surface area contributed by atoms with Crippen LogP contribution in [0.25, 0.3) is 0 Å². The molecule has 0 saturated carbocycles. The monoisotopic (exact) mass is 227 g/mol. The Morgan fingerprint density at radius 1 is 1.40 bits per heavy atom. The van der Waals surface area contributed by atoms with E-state index in [2.05, 4.69) is 0 Å². The van der Waals surface area contributed by atoms with E-state index in [1.54, 1.807) is 18.2 Å². The van der Waals surface area contributed by atoms with Crippen LogP contribution in [0, 0.1) is 5.92 Å². The van der Waals surface area contributed by atoms with Gasteiger partial charge in [0.05, 0.1) is 10.6 Å². The van der Waals surface area contributed by atoms with Crippen molar-refractivity contribution in [1.82, 2.24) is 0 Å². The number of hydrogen-bond acceptors (Lipinski definition) is 3. The number of benzene rings is 1. The van der Waals surface area contributed by atoms with Crippen LogP contribution in [-0.2, 0) is 9.84 Å². The van der Waals surface area contributed by atoms with Gasteiger partial charge in [-0.1, -0.05) is 26.3 Å². The maximum absolute atomic E-state index is 11.9. The molecule has 0 amide bonds. The van der Waals surface area contributed by atoms with E-state index < -0.39 is 9.84 Å². The fourth-order valence-corrected chi connectivity index (χ4v) is 3.08. The van der Waals surface area contributed by atoms with Crippen molar-refractivity contribution in [2.45, 2.75) is 25.2 Å². The third kappa shape index (κ3) is 3.23. The molecule has 0 fully saturated rings. The Labute approximate surface area is 91.2 Å². The molecule has 1 aromatic carbocycles. The molecule has 0 bridgehead atoms. The maximum Gasteiger partial charge on any atom is 0.178 e. The molecule has 4 heteroatoms. The first-order valence-corrected chi connectivity index (χ1v) is 6.69. The Balaban J connectivity index is 2.96. The minimum Gasteiger partial charge on any atom is -0.399 e. The van der Waals surface area contributed by atoms with Crippen LogP contribution in [0.5, 0.6) is 0 Å². The minimum absolute atomic E-state index is 0.177. The Morgan fingerprint density at radius 3 is 2.60 bits per heavy atom. The summed E-state index contributed by atoms with van der Waals surface area (Å²) in [6.45, 7) is 3.92. The zero-order valence-electron chi connectivity index (χ0n) is 9.10. The summed E-state index contributed by atoms with van der Waals surface area (Å²) in [5.41, 5.74) is 6.04. The van der Waals surface area contributed by atoms with Crippen molar-refractivity contribution < 1.29 is 8.42 Å². The smallest absolute Gasteiger partial charge is 0.178 e. The lowest BCUT2D eigenvalue weighted by Gasteiger charge is -2.09. The van der Waals surface area contributed by atoms with Crippen molar-refractivity contribution in [3.8, 4) is 0 Å². The average molecular weight is 227 g/mol. The quantitative estimate of drug-likeness (QED) is 0.801. The molecular formula is C11H17NO2S. The van der Waals surface area contributed by atoms with Crippen LogP contribution in [0.15, 0.2) is 29.2 Å². The van der Waals surface area contributed by atoms with Gasteiger partial charge in [0.15, 0.2) is 9.84 Å². The van der Waals surface area contributed by atoms with Crippen molar-refractivity contribution >= 4 is 15.5 Å². The highest BCUT2D eigenvalue weighted by atomic mass is 32.2. The predicted molar refractivity (Wildman–Crippen MR) is 62.4 cm³/mol. The molecule has 1 aromatic rings. The third-order valence-corrected chi connectivity index (χ3v) is 4.40. The molecule has 0 heterocycles. The summed E-state index contributed by atoms with van der Waals surface area (Å²) in [6.07, 6.45) is 0.863. The molecule has 0 aromatic heterocycles. The molecule has 1 rings (SSSR count). The van der Waals surface area contributed by atoms with Gasteiger partial charge in [-0.15, -0.1) is 0 Å². The van der Waals surface area contributed by atoms with Gasteiger partial charge in [-0.2, -0.15) is 0 Å². The summed E-state index contributed by atoms with van der Waals surface area (Å²) in [7, 11) is -3.17. The fourth-order valence-electron chi connectivity index (χ4n) is 1.30. The summed E-state index contributed by atoms with van der Waals surface area (Å²) in [6, 6.07) is 6.45. The number of rotatable bonds is 4. The second kappa shape index (κ2) is 4.66. The van der Waals surface area contributed by atoms with Gasteiger partial charge < -0.3 is 5.73 Å². The Hall–Kier alpha value is -1.03. The highest BCUT2D eigenvalue weighted by Crippen LogP contribution is 2.17. The van der Waals surface area contributed by atoms with E-state index in [0.29, 0.717) is 10.6 Å². The van der Waals surface area contributed by atoms with Gasteiger partial charge in [0.1, 0.15) is 0 Å². The van der Waals surface area contributed by atoms with Crippen LogP contribution in [0.2, 0.25) is 0 Å². The van der Waals surface area contributed by atoms with Gasteiger partial charge in [-0.3, -0.25) is 0 Å². The van der Waals surface area contributed by atoms with Gasteiger partial charge in [0, 0.05) is 5.69 Å². The normalized spacial score (nSPS) is 13.7. The Bertz CT molecular complexity index is 426. The lowest BCUT2D eigenvalue weighted by molar-refractivity contribution is 0.564. The molecule has 1 unspecified atom stereocenters. The van der Waals surface area contributed by atoms with Crippen LogP contribution < -0.4 is 5.73 Å². The summed E-state index contributed by atoms with van der Waals surface area (Å²) >= 11 is 0. The van der Waals surface area contributed by atoms with Crippen LogP contribution >= 0.6 is 0 Å². The van der Waals surface area contributed by atoms with E-state index in [4.69, 9.17) is 5.73 Å². The van der Waals surface area contributed by atoms with E-state index in [9.17, 15) is 8.42 Å². The minimum atomic E-state index is -3.17. The molecule has 0 spiro atoms. The van der Waals surface area contributed by atoms with Gasteiger partial charge in [0.2, 0.25) is 0 Å². The van der Waals surface area contributed by atoms with Gasteiger partial charge in [0.25, 0.3) is 0 Å². The number of sulfone groups is 1. The van der Waals surface area contributed by atoms with Crippen LogP contribution in [0.3, 0.4) is 0 Å². The highest BCUT2D eigenvalue weighted by molar-refractivity contribution is 7.91. The van der Waals surface area contributed by atoms with E-state index in [0.717, 1.165) is 6.42 Å². The standard InChI is InChI=1S/C11H17NO2S/c1-3-9(2)8-15(13,14)11-6-4-5-10(12)7-11/h4-7,9H,3,8,12H2,1-2H3. The van der Waals surface area contributed by atoms with Crippen LogP contribution in [0.1, 0.15) is 20.3 Å². The van der Waals surface area contributed by atoms with Crippen molar-refractivity contribution in [2.24, 2.45) is 5.92 Å². The summed E-state index contributed by atoms with van der Waals surface area (Å²) in [4.78, 5) is 0.322. The predicted octanol–water partition coefficient (Wildman–Crippen LogP) is 2.09. The first-order valence-electron chi connectivity index (χ1n) is 5.04. The first kappa shape index (κ1) is 12.0. The molecule has 0 aliphatic rings. The molecule has 0 aliphatic heterocycles. The SMILES string of the molecule is CCC(C)CS(=O)(=O)c1cccc(N)c1. The zero-order chi connectivity index (χ0) is 11.5. The number of nitrogen functional groups attached to an aromatic ring is 1. The summed E-state index contributed by atoms with van der Waals surface area (Å²) < 4.78 is 23.8. The van der Waals surface area contributed by atoms with Crippen molar-refractivity contribution in [2.75, 3.05) is 11.5 Å². The van der Waals surface area contributed by atoms with Gasteiger partial charge in [-0.25, -0.2) is 8.42 Å². The maximum atomic E-state index is 11.9. The van der Waals surface area contributed by atoms with E-state index in [1.807, 2.05) is 13.8 Å². The van der Waals surface area contributed by atoms with E-state index in [1.165, 1.54) is 6.07 Å². The van der Waals surface area contributed by atoms with Crippen molar-refractivity contribution in [3.63, 3.8) is 0 Å². The van der Waals surface area contributed by atoms with Crippen molar-refractivity contribution in [1.29, 1.82) is 0 Å². The molecule has 0 aliphatic carbocycles. The number of hydrogen-bond donors (Lipinski definition) is 1. The van der Waals surface area contributed by atoms with Crippen molar-refractivity contribution in [3.05, 3.63) is 24.3 Å². The molecule has 84 valence electrons. The summed E-state index contributed by atoms with van der Waals surface area (Å²) in [5, 5.41) is 0. The largest absolute Gasteiger partial charge is 0.399 e. The topological polar surface area (TPSA) is 60.2 Å². The second-order valence-electron chi connectivity index (χ2n) is 3.87. The van der Waals surface area contributed by atoms with Gasteiger partial charge in [-0.05, 0) is 24.1 Å². The first-order chi connectivity index (χ1) is 6.95. The molecular weight excluding hydrogens is 210 g/mol. The molecule has 0 saturated heterocycles. The van der Waals surface area contributed by atoms with Crippen LogP contribution in [0.4, 0.5) is 5.69 Å². The molecule has 1 atom stereocenters. The second-order valence-corrected chi connectivity index (χ2v) is 5.90. The molecule has 3 nitrogen and oxygen atoms in total. The highest BCUT2D eigenvalue weighted by Gasteiger charge is 2.17. The Kier molecular flexibility index (Phi) is 3.74. The number of anilines is 1.